The number of fused-ring (bicyclic) bond motifs is 4. The number of phenols is 1. The van der Waals surface area contributed by atoms with Crippen LogP contribution in [0.15, 0.2) is 47.4 Å². The van der Waals surface area contributed by atoms with Gasteiger partial charge < -0.3 is 25.0 Å². The van der Waals surface area contributed by atoms with Gasteiger partial charge in [0.05, 0.1) is 12.7 Å². The normalized spacial score (nSPS) is 17.8. The predicted molar refractivity (Wildman–Crippen MR) is 136 cm³/mol. The summed E-state index contributed by atoms with van der Waals surface area (Å²) in [5, 5.41) is 23.7. The number of halogens is 3. The zero-order chi connectivity index (χ0) is 29.3. The standard InChI is InChI=1S/C29H22F3NO7/c1-11-5-6-13-14(7-16(30)25(32)24(13)31)15(11)10-33-28(38)22-19(39-4)8-18(36)23-26(22)40-20-9-17(35)21(12(2)34)27(37)29(20,23)3/h5-9,35-36H,10H2,1-4H3,(H,33,38)/t29-/m1/s1. The number of allylic oxidation sites excluding steroid dienone is 3. The third kappa shape index (κ3) is 3.64. The molecule has 0 saturated heterocycles. The Bertz CT molecular complexity index is 1760. The van der Waals surface area contributed by atoms with Crippen LogP contribution in [0, 0.1) is 24.4 Å². The molecule has 1 aliphatic carbocycles. The van der Waals surface area contributed by atoms with Crippen LogP contribution in [-0.2, 0) is 21.5 Å². The summed E-state index contributed by atoms with van der Waals surface area (Å²) in [5.74, 6) is -8.22. The van der Waals surface area contributed by atoms with Crippen LogP contribution in [0.1, 0.15) is 40.9 Å². The van der Waals surface area contributed by atoms with Crippen molar-refractivity contribution in [3.05, 3.63) is 87.1 Å². The molecule has 3 N–H and O–H groups in total. The van der Waals surface area contributed by atoms with Gasteiger partial charge in [0.15, 0.2) is 34.8 Å². The molecule has 40 heavy (non-hydrogen) atoms. The molecule has 1 amide bonds. The van der Waals surface area contributed by atoms with Crippen molar-refractivity contribution in [2.24, 2.45) is 0 Å². The van der Waals surface area contributed by atoms with E-state index in [0.29, 0.717) is 11.1 Å². The van der Waals surface area contributed by atoms with Crippen LogP contribution < -0.4 is 14.8 Å². The quantitative estimate of drug-likeness (QED) is 0.309. The lowest BCUT2D eigenvalue weighted by molar-refractivity contribution is -0.123. The van der Waals surface area contributed by atoms with E-state index in [2.05, 4.69) is 5.32 Å². The highest BCUT2D eigenvalue weighted by Crippen LogP contribution is 2.56. The lowest BCUT2D eigenvalue weighted by Gasteiger charge is -2.27. The van der Waals surface area contributed by atoms with E-state index >= 15 is 0 Å². The van der Waals surface area contributed by atoms with Crippen LogP contribution in [0.2, 0.25) is 0 Å². The number of aromatic hydroxyl groups is 1. The highest BCUT2D eigenvalue weighted by Gasteiger charge is 2.55. The zero-order valence-electron chi connectivity index (χ0n) is 21.7. The summed E-state index contributed by atoms with van der Waals surface area (Å²) in [5.41, 5.74) is -1.67. The molecule has 2 aliphatic rings. The molecule has 8 nitrogen and oxygen atoms in total. The van der Waals surface area contributed by atoms with E-state index in [9.17, 15) is 37.8 Å². The number of rotatable bonds is 5. The molecule has 0 fully saturated rings. The number of ether oxygens (including phenoxy) is 2. The molecule has 3 aromatic carbocycles. The molecule has 1 aliphatic heterocycles. The Morgan fingerprint density at radius 1 is 1.10 bits per heavy atom. The minimum Gasteiger partial charge on any atom is -0.507 e. The number of amides is 1. The molecular weight excluding hydrogens is 531 g/mol. The summed E-state index contributed by atoms with van der Waals surface area (Å²) < 4.78 is 53.4. The average Bonchev–Trinajstić information content (AvgIpc) is 3.19. The number of carbonyl (C=O) groups is 3. The van der Waals surface area contributed by atoms with E-state index in [0.717, 1.165) is 25.1 Å². The minimum atomic E-state index is -1.74. The molecule has 0 aromatic heterocycles. The van der Waals surface area contributed by atoms with Gasteiger partial charge in [0, 0.05) is 24.1 Å². The maximum Gasteiger partial charge on any atom is 0.259 e. The number of nitrogens with one attached hydrogen (secondary N) is 1. The van der Waals surface area contributed by atoms with Crippen molar-refractivity contribution >= 4 is 28.2 Å². The van der Waals surface area contributed by atoms with Gasteiger partial charge in [-0.2, -0.15) is 0 Å². The van der Waals surface area contributed by atoms with Gasteiger partial charge in [-0.1, -0.05) is 12.1 Å². The lowest BCUT2D eigenvalue weighted by Crippen LogP contribution is -2.38. The van der Waals surface area contributed by atoms with Gasteiger partial charge in [-0.05, 0) is 43.4 Å². The Morgan fingerprint density at radius 2 is 1.80 bits per heavy atom. The number of hydrogen-bond donors (Lipinski definition) is 3. The Kier molecular flexibility index (Phi) is 6.13. The van der Waals surface area contributed by atoms with Gasteiger partial charge in [0.2, 0.25) is 0 Å². The fourth-order valence-corrected chi connectivity index (χ4v) is 5.26. The van der Waals surface area contributed by atoms with Crippen molar-refractivity contribution in [2.75, 3.05) is 7.11 Å². The second-order valence-electron chi connectivity index (χ2n) is 9.68. The Balaban J connectivity index is 1.59. The molecule has 0 bridgehead atoms. The number of aliphatic hydroxyl groups excluding tert-OH is 1. The van der Waals surface area contributed by atoms with Gasteiger partial charge >= 0.3 is 0 Å². The third-order valence-corrected chi connectivity index (χ3v) is 7.36. The summed E-state index contributed by atoms with van der Waals surface area (Å²) >= 11 is 0. The number of phenolic OH excluding ortho intramolecular Hbond substituents is 1. The van der Waals surface area contributed by atoms with Crippen LogP contribution in [0.3, 0.4) is 0 Å². The maximum absolute atomic E-state index is 14.4. The second-order valence-corrected chi connectivity index (χ2v) is 9.68. The molecule has 11 heteroatoms. The topological polar surface area (TPSA) is 122 Å². The summed E-state index contributed by atoms with van der Waals surface area (Å²) in [6.45, 7) is 3.90. The van der Waals surface area contributed by atoms with Gasteiger partial charge in [-0.25, -0.2) is 13.2 Å². The molecule has 0 spiro atoms. The van der Waals surface area contributed by atoms with E-state index in [1.54, 1.807) is 6.92 Å². The molecule has 0 radical (unpaired) electrons. The monoisotopic (exact) mass is 553 g/mol. The maximum atomic E-state index is 14.4. The Hall–Kier alpha value is -4.80. The first kappa shape index (κ1) is 26.8. The second kappa shape index (κ2) is 9.15. The van der Waals surface area contributed by atoms with E-state index < -0.39 is 57.4 Å². The third-order valence-electron chi connectivity index (χ3n) is 7.36. The highest BCUT2D eigenvalue weighted by atomic mass is 19.2. The van der Waals surface area contributed by atoms with Crippen LogP contribution in [-0.4, -0.2) is 34.8 Å². The summed E-state index contributed by atoms with van der Waals surface area (Å²) in [6, 6.07) is 4.77. The van der Waals surface area contributed by atoms with Crippen molar-refractivity contribution in [1.82, 2.24) is 5.32 Å². The molecule has 3 aromatic rings. The number of benzene rings is 3. The van der Waals surface area contributed by atoms with E-state index in [1.807, 2.05) is 0 Å². The number of carbonyl (C=O) groups excluding carboxylic acids is 3. The smallest absolute Gasteiger partial charge is 0.259 e. The lowest BCUT2D eigenvalue weighted by atomic mass is 9.71. The predicted octanol–water partition coefficient (Wildman–Crippen LogP) is 4.73. The number of Topliss-reactive ketones (excluding diaryl/α,β-unsaturated/α-hetero) is 2. The van der Waals surface area contributed by atoms with Crippen molar-refractivity contribution in [2.45, 2.75) is 32.7 Å². The molecule has 5 rings (SSSR count). The van der Waals surface area contributed by atoms with Gasteiger partial charge in [0.25, 0.3) is 5.91 Å². The number of aryl methyl sites for hydroxylation is 1. The first-order valence-corrected chi connectivity index (χ1v) is 12.0. The number of ketones is 2. The van der Waals surface area contributed by atoms with Crippen molar-refractivity contribution in [1.29, 1.82) is 0 Å². The molecular formula is C29H22F3NO7. The molecule has 1 heterocycles. The van der Waals surface area contributed by atoms with E-state index in [1.165, 1.54) is 26.2 Å². The van der Waals surface area contributed by atoms with Crippen LogP contribution in [0.4, 0.5) is 13.2 Å². The molecule has 0 saturated carbocycles. The minimum absolute atomic E-state index is 0.0587. The van der Waals surface area contributed by atoms with Crippen molar-refractivity contribution < 1.29 is 47.2 Å². The zero-order valence-corrected chi connectivity index (χ0v) is 21.7. The van der Waals surface area contributed by atoms with E-state index in [-0.39, 0.29) is 45.7 Å². The van der Waals surface area contributed by atoms with Crippen LogP contribution >= 0.6 is 0 Å². The van der Waals surface area contributed by atoms with Gasteiger partial charge in [-0.15, -0.1) is 0 Å². The van der Waals surface area contributed by atoms with Gasteiger partial charge in [0.1, 0.15) is 39.6 Å². The largest absolute Gasteiger partial charge is 0.507 e. The number of hydrogen-bond acceptors (Lipinski definition) is 7. The fraction of sp³-hybridized carbons (Fsp3) is 0.207. The van der Waals surface area contributed by atoms with Crippen LogP contribution in [0.25, 0.3) is 10.8 Å². The first-order chi connectivity index (χ1) is 18.8. The fourth-order valence-electron chi connectivity index (χ4n) is 5.26. The molecule has 0 unspecified atom stereocenters. The molecule has 1 atom stereocenters. The van der Waals surface area contributed by atoms with Crippen LogP contribution in [0.5, 0.6) is 17.2 Å². The summed E-state index contributed by atoms with van der Waals surface area (Å²) in [4.78, 5) is 39.0. The van der Waals surface area contributed by atoms with Crippen molar-refractivity contribution in [3.8, 4) is 17.2 Å². The van der Waals surface area contributed by atoms with Gasteiger partial charge in [-0.3, -0.25) is 14.4 Å². The Labute approximate surface area is 225 Å². The summed E-state index contributed by atoms with van der Waals surface area (Å²) in [7, 11) is 1.24. The highest BCUT2D eigenvalue weighted by molar-refractivity contribution is 6.25. The van der Waals surface area contributed by atoms with Crippen molar-refractivity contribution in [3.63, 3.8) is 0 Å². The first-order valence-electron chi connectivity index (χ1n) is 12.0. The summed E-state index contributed by atoms with van der Waals surface area (Å²) in [6.07, 6.45) is 1.08. The Morgan fingerprint density at radius 3 is 2.45 bits per heavy atom. The average molecular weight is 553 g/mol. The number of methoxy groups -OCH3 is 1. The number of aliphatic hydroxyl groups is 1. The van der Waals surface area contributed by atoms with E-state index in [4.69, 9.17) is 9.47 Å². The molecule has 206 valence electrons. The SMILES string of the molecule is COc1cc(O)c2c(c1C(=O)NCc1c(C)ccc3c(F)c(F)c(F)cc13)OC1=CC(O)=C(C(C)=O)C(=O)[C@]12C.